The maximum atomic E-state index is 10.2. The van der Waals surface area contributed by atoms with E-state index in [1.54, 1.807) is 21.3 Å². The lowest BCUT2D eigenvalue weighted by Crippen LogP contribution is -2.33. The molecule has 3 saturated heterocycles. The first-order valence-corrected chi connectivity index (χ1v) is 28.5. The largest absolute Gasteiger partial charge is 0.497 e. The Labute approximate surface area is 465 Å². The molecule has 3 atom stereocenters. The number of aliphatic hydroxyl groups excluding tert-OH is 3. The molecule has 0 saturated carbocycles. The summed E-state index contributed by atoms with van der Waals surface area (Å²) in [6, 6.07) is 48.9. The Bertz CT molecular complexity index is 2280. The van der Waals surface area contributed by atoms with Gasteiger partial charge in [-0.3, -0.25) is 0 Å². The summed E-state index contributed by atoms with van der Waals surface area (Å²) in [6.07, 6.45) is 11.7. The first kappa shape index (κ1) is 59.5. The third-order valence-corrected chi connectivity index (χ3v) is 14.7. The number of rotatable bonds is 27. The van der Waals surface area contributed by atoms with Crippen LogP contribution in [0.1, 0.15) is 71.9 Å². The number of benzene rings is 6. The van der Waals surface area contributed by atoms with Crippen molar-refractivity contribution in [2.45, 2.75) is 95.4 Å². The molecule has 12 nitrogen and oxygen atoms in total. The molecule has 12 heteroatoms. The van der Waals surface area contributed by atoms with E-state index >= 15 is 0 Å². The fourth-order valence-electron chi connectivity index (χ4n) is 10.3. The number of para-hydroxylation sites is 3. The van der Waals surface area contributed by atoms with E-state index in [4.69, 9.17) is 28.4 Å². The fraction of sp³-hybridized carbons (Fsp3) is 0.455. The highest BCUT2D eigenvalue weighted by Gasteiger charge is 2.19. The molecule has 0 radical (unpaired) electrons. The number of β-amino-alcohol motifs (C(OH)–C–C–N with tert-alkyl or cyclic N) is 3. The monoisotopic (exact) mass is 1070 g/mol. The Balaban J connectivity index is 0.000000170. The van der Waals surface area contributed by atoms with Gasteiger partial charge in [0.1, 0.15) is 72.6 Å². The number of aryl methyl sites for hydroxylation is 6. The normalized spacial score (nSPS) is 15.8. The molecule has 3 heterocycles. The topological polar surface area (TPSA) is 126 Å². The Morgan fingerprint density at radius 2 is 0.577 bits per heavy atom. The summed E-state index contributed by atoms with van der Waals surface area (Å²) in [4.78, 5) is 6.93. The lowest BCUT2D eigenvalue weighted by atomic mass is 10.0. The summed E-state index contributed by atoms with van der Waals surface area (Å²) in [6.45, 7) is 9.69. The van der Waals surface area contributed by atoms with Crippen molar-refractivity contribution >= 4 is 0 Å². The third kappa shape index (κ3) is 20.9. The van der Waals surface area contributed by atoms with E-state index < -0.39 is 18.3 Å². The molecule has 1 unspecified atom stereocenters. The third-order valence-electron chi connectivity index (χ3n) is 14.7. The van der Waals surface area contributed by atoms with E-state index in [2.05, 4.69) is 69.3 Å². The molecule has 3 aliphatic rings. The van der Waals surface area contributed by atoms with Gasteiger partial charge in [0, 0.05) is 19.6 Å². The number of hydrogen-bond donors (Lipinski definition) is 3. The van der Waals surface area contributed by atoms with E-state index in [-0.39, 0.29) is 0 Å². The van der Waals surface area contributed by atoms with Gasteiger partial charge in [-0.2, -0.15) is 0 Å². The van der Waals surface area contributed by atoms with Gasteiger partial charge < -0.3 is 58.4 Å². The zero-order valence-electron chi connectivity index (χ0n) is 46.7. The van der Waals surface area contributed by atoms with Gasteiger partial charge in [-0.25, -0.2) is 0 Å². The van der Waals surface area contributed by atoms with Gasteiger partial charge in [0.2, 0.25) is 0 Å². The van der Waals surface area contributed by atoms with E-state index in [1.165, 1.54) is 71.9 Å². The smallest absolute Gasteiger partial charge is 0.122 e. The van der Waals surface area contributed by atoms with Crippen LogP contribution in [0.15, 0.2) is 146 Å². The molecule has 3 fully saturated rings. The van der Waals surface area contributed by atoms with E-state index in [9.17, 15) is 15.3 Å². The van der Waals surface area contributed by atoms with Crippen molar-refractivity contribution in [3.05, 3.63) is 179 Å². The summed E-state index contributed by atoms with van der Waals surface area (Å²) in [5.74, 6) is 5.27. The summed E-state index contributed by atoms with van der Waals surface area (Å²) in [5, 5.41) is 30.7. The van der Waals surface area contributed by atoms with Crippen molar-refractivity contribution in [3.63, 3.8) is 0 Å². The first-order valence-electron chi connectivity index (χ1n) is 28.5. The Hall–Kier alpha value is -6.12. The highest BCUT2D eigenvalue weighted by molar-refractivity contribution is 5.38. The van der Waals surface area contributed by atoms with Crippen molar-refractivity contribution in [3.8, 4) is 34.5 Å². The lowest BCUT2D eigenvalue weighted by molar-refractivity contribution is 0.0754. The van der Waals surface area contributed by atoms with Gasteiger partial charge in [0.05, 0.1) is 21.3 Å². The summed E-state index contributed by atoms with van der Waals surface area (Å²) < 4.78 is 33.4. The minimum absolute atomic E-state index is 0.343. The SMILES string of the molecule is COc1ccc(CCc2ccccc2OCC(O)CN2CCCC2)cc1.COc1ccc(CCc2ccccc2OC[C@@H](O)CN2CCCC2)cc1.COc1ccc(CCc2ccccc2OC[C@H](O)CN2CCCC2)cc1. The van der Waals surface area contributed by atoms with Gasteiger partial charge in [-0.1, -0.05) is 91.0 Å². The van der Waals surface area contributed by atoms with E-state index in [0.717, 1.165) is 112 Å². The molecular formula is C66H87N3O9. The van der Waals surface area contributed by atoms with E-state index in [0.29, 0.717) is 39.5 Å². The van der Waals surface area contributed by atoms with Crippen LogP contribution in [0.5, 0.6) is 34.5 Å². The number of nitrogens with zero attached hydrogens (tertiary/aromatic N) is 3. The Kier molecular flexibility index (Phi) is 25.5. The highest BCUT2D eigenvalue weighted by atomic mass is 16.5. The van der Waals surface area contributed by atoms with Gasteiger partial charge >= 0.3 is 0 Å². The Morgan fingerprint density at radius 3 is 0.821 bits per heavy atom. The zero-order chi connectivity index (χ0) is 54.6. The second-order valence-electron chi connectivity index (χ2n) is 20.8. The van der Waals surface area contributed by atoms with Crippen LogP contribution in [0.2, 0.25) is 0 Å². The molecule has 0 amide bonds. The van der Waals surface area contributed by atoms with Crippen LogP contribution < -0.4 is 28.4 Å². The minimum Gasteiger partial charge on any atom is -0.497 e. The molecule has 0 bridgehead atoms. The molecule has 6 aromatic rings. The summed E-state index contributed by atoms with van der Waals surface area (Å²) in [5.41, 5.74) is 7.35. The minimum atomic E-state index is -0.442. The molecule has 9 rings (SSSR count). The first-order chi connectivity index (χ1) is 38.2. The molecule has 0 spiro atoms. The summed E-state index contributed by atoms with van der Waals surface area (Å²) >= 11 is 0. The second-order valence-corrected chi connectivity index (χ2v) is 20.8. The number of likely N-dealkylation sites (tertiary alicyclic amines) is 3. The fourth-order valence-corrected chi connectivity index (χ4v) is 10.3. The maximum Gasteiger partial charge on any atom is 0.122 e. The number of methoxy groups -OCH3 is 3. The van der Waals surface area contributed by atoms with Crippen LogP contribution in [-0.2, 0) is 38.5 Å². The van der Waals surface area contributed by atoms with Gasteiger partial charge in [0.25, 0.3) is 0 Å². The van der Waals surface area contributed by atoms with Crippen molar-refractivity contribution in [1.82, 2.24) is 14.7 Å². The molecule has 0 aromatic heterocycles. The molecule has 6 aromatic carbocycles. The zero-order valence-corrected chi connectivity index (χ0v) is 46.7. The van der Waals surface area contributed by atoms with Crippen LogP contribution >= 0.6 is 0 Å². The molecule has 420 valence electrons. The van der Waals surface area contributed by atoms with Crippen molar-refractivity contribution in [2.24, 2.45) is 0 Å². The molecule has 3 N–H and O–H groups in total. The number of hydrogen-bond acceptors (Lipinski definition) is 12. The van der Waals surface area contributed by atoms with Gasteiger partial charge in [-0.05, 0) is 204 Å². The molecule has 78 heavy (non-hydrogen) atoms. The molecular weight excluding hydrogens is 979 g/mol. The highest BCUT2D eigenvalue weighted by Crippen LogP contribution is 2.25. The summed E-state index contributed by atoms with van der Waals surface area (Å²) in [7, 11) is 5.04. The second kappa shape index (κ2) is 33.3. The van der Waals surface area contributed by atoms with Crippen LogP contribution in [0.4, 0.5) is 0 Å². The van der Waals surface area contributed by atoms with E-state index in [1.807, 2.05) is 91.0 Å². The van der Waals surface area contributed by atoms with Crippen LogP contribution in [-0.4, -0.2) is 148 Å². The van der Waals surface area contributed by atoms with Crippen molar-refractivity contribution in [2.75, 3.05) is 100 Å². The van der Waals surface area contributed by atoms with Gasteiger partial charge in [-0.15, -0.1) is 0 Å². The lowest BCUT2D eigenvalue weighted by Gasteiger charge is -2.20. The standard InChI is InChI=1S/3C22H29NO3/c3*1-25-21-12-9-18(10-13-21)8-11-19-6-2-3-7-22(19)26-17-20(24)16-23-14-4-5-15-23/h3*2-3,6-7,9-10,12-13,20,24H,4-5,8,11,14-17H2,1H3/t2*20-;/m10./s1. The van der Waals surface area contributed by atoms with Crippen molar-refractivity contribution < 1.29 is 43.7 Å². The average molecular weight is 1070 g/mol. The molecule has 3 aliphatic heterocycles. The number of ether oxygens (including phenoxy) is 6. The van der Waals surface area contributed by atoms with Crippen LogP contribution in [0.3, 0.4) is 0 Å². The van der Waals surface area contributed by atoms with Crippen LogP contribution in [0, 0.1) is 0 Å². The predicted molar refractivity (Wildman–Crippen MR) is 312 cm³/mol. The number of aliphatic hydroxyl groups is 3. The Morgan fingerprint density at radius 1 is 0.333 bits per heavy atom. The average Bonchev–Trinajstić information content (AvgIpc) is 4.32. The van der Waals surface area contributed by atoms with Gasteiger partial charge in [0.15, 0.2) is 0 Å². The predicted octanol–water partition coefficient (Wildman–Crippen LogP) is 9.95. The quantitative estimate of drug-likeness (QED) is 0.0455. The van der Waals surface area contributed by atoms with Crippen LogP contribution in [0.25, 0.3) is 0 Å². The molecule has 0 aliphatic carbocycles. The maximum absolute atomic E-state index is 10.2. The van der Waals surface area contributed by atoms with Crippen molar-refractivity contribution in [1.29, 1.82) is 0 Å².